The zero-order valence-corrected chi connectivity index (χ0v) is 18.6. The van der Waals surface area contributed by atoms with Gasteiger partial charge in [-0.05, 0) is 42.8 Å². The van der Waals surface area contributed by atoms with Crippen LogP contribution in [0.4, 0.5) is 4.39 Å². The van der Waals surface area contributed by atoms with Crippen LogP contribution in [0.1, 0.15) is 12.5 Å². The number of aromatic nitrogens is 1. The Kier molecular flexibility index (Phi) is 7.49. The first kappa shape index (κ1) is 23.3. The average Bonchev–Trinajstić information content (AvgIpc) is 2.79. The Balaban J connectivity index is 1.72. The molecule has 1 N–H and O–H groups in total. The van der Waals surface area contributed by atoms with E-state index >= 15 is 0 Å². The Morgan fingerprint density at radius 2 is 1.62 bits per heavy atom. The number of nitrogens with zero attached hydrogens (tertiary/aromatic N) is 1. The summed E-state index contributed by atoms with van der Waals surface area (Å²) in [5.74, 6) is 0.787. The lowest BCUT2D eigenvalue weighted by Crippen LogP contribution is -2.24. The second-order valence-corrected chi connectivity index (χ2v) is 8.21. The van der Waals surface area contributed by atoms with Gasteiger partial charge in [0.05, 0.1) is 20.8 Å². The van der Waals surface area contributed by atoms with Crippen molar-refractivity contribution < 1.29 is 31.8 Å². The summed E-state index contributed by atoms with van der Waals surface area (Å²) in [6, 6.07) is 12.3. The number of rotatable bonds is 10. The highest BCUT2D eigenvalue weighted by molar-refractivity contribution is 7.89. The van der Waals surface area contributed by atoms with Gasteiger partial charge in [-0.3, -0.25) is 0 Å². The summed E-state index contributed by atoms with van der Waals surface area (Å²) in [5, 5.41) is 0. The number of sulfonamides is 1. The summed E-state index contributed by atoms with van der Waals surface area (Å²) in [6.07, 6.45) is 1.49. The van der Waals surface area contributed by atoms with Crippen molar-refractivity contribution in [2.75, 3.05) is 20.8 Å². The second-order valence-electron chi connectivity index (χ2n) is 6.47. The highest BCUT2D eigenvalue weighted by Gasteiger charge is 2.22. The molecular formula is C22H23FN2O6S. The SMILES string of the molecule is CCOc1ccc(Oc2cc(CNS(=O)(=O)c3cc(OC)c(OC)cc3F)ccn2)cc1. The van der Waals surface area contributed by atoms with Gasteiger partial charge in [0.15, 0.2) is 11.5 Å². The summed E-state index contributed by atoms with van der Waals surface area (Å²) >= 11 is 0. The molecule has 0 atom stereocenters. The van der Waals surface area contributed by atoms with Crippen molar-refractivity contribution in [1.29, 1.82) is 0 Å². The van der Waals surface area contributed by atoms with Crippen LogP contribution in [0.3, 0.4) is 0 Å². The third-order valence-corrected chi connectivity index (χ3v) is 5.77. The molecule has 0 fully saturated rings. The van der Waals surface area contributed by atoms with Gasteiger partial charge in [-0.1, -0.05) is 0 Å². The monoisotopic (exact) mass is 462 g/mol. The number of pyridine rings is 1. The first-order valence-electron chi connectivity index (χ1n) is 9.63. The predicted molar refractivity (Wildman–Crippen MR) is 115 cm³/mol. The topological polar surface area (TPSA) is 96.0 Å². The van der Waals surface area contributed by atoms with E-state index in [1.807, 2.05) is 6.92 Å². The number of benzene rings is 2. The second kappa shape index (κ2) is 10.3. The van der Waals surface area contributed by atoms with Crippen molar-refractivity contribution in [3.8, 4) is 28.9 Å². The zero-order chi connectivity index (χ0) is 23.1. The molecule has 3 rings (SSSR count). The Labute approximate surface area is 186 Å². The maximum absolute atomic E-state index is 14.4. The molecule has 1 aromatic heterocycles. The lowest BCUT2D eigenvalue weighted by atomic mass is 10.3. The van der Waals surface area contributed by atoms with Crippen LogP contribution < -0.4 is 23.7 Å². The van der Waals surface area contributed by atoms with E-state index in [4.69, 9.17) is 18.9 Å². The van der Waals surface area contributed by atoms with Crippen molar-refractivity contribution >= 4 is 10.0 Å². The van der Waals surface area contributed by atoms with Gasteiger partial charge in [0.25, 0.3) is 0 Å². The maximum atomic E-state index is 14.4. The molecule has 0 radical (unpaired) electrons. The molecule has 0 aliphatic carbocycles. The average molecular weight is 462 g/mol. The van der Waals surface area contributed by atoms with Crippen LogP contribution in [0.15, 0.2) is 59.6 Å². The van der Waals surface area contributed by atoms with E-state index in [1.165, 1.54) is 20.4 Å². The van der Waals surface area contributed by atoms with Crippen LogP contribution in [0.5, 0.6) is 28.9 Å². The molecule has 0 saturated carbocycles. The molecule has 0 amide bonds. The maximum Gasteiger partial charge on any atom is 0.243 e. The first-order valence-corrected chi connectivity index (χ1v) is 11.1. The van der Waals surface area contributed by atoms with Crippen LogP contribution in [-0.4, -0.2) is 34.2 Å². The molecule has 0 spiro atoms. The first-order chi connectivity index (χ1) is 15.4. The molecular weight excluding hydrogens is 439 g/mol. The molecule has 0 unspecified atom stereocenters. The molecule has 0 aliphatic heterocycles. The summed E-state index contributed by atoms with van der Waals surface area (Å²) in [6.45, 7) is 2.36. The predicted octanol–water partition coefficient (Wildman–Crippen LogP) is 3.91. The lowest BCUT2D eigenvalue weighted by Gasteiger charge is -2.12. The highest BCUT2D eigenvalue weighted by atomic mass is 32.2. The number of halogens is 1. The van der Waals surface area contributed by atoms with Gasteiger partial charge in [0.1, 0.15) is 22.2 Å². The molecule has 0 bridgehead atoms. The van der Waals surface area contributed by atoms with Crippen LogP contribution >= 0.6 is 0 Å². The summed E-state index contributed by atoms with van der Waals surface area (Å²) < 4.78 is 63.2. The molecule has 170 valence electrons. The van der Waals surface area contributed by atoms with E-state index in [0.29, 0.717) is 17.9 Å². The van der Waals surface area contributed by atoms with E-state index in [-0.39, 0.29) is 23.9 Å². The van der Waals surface area contributed by atoms with Crippen LogP contribution in [0.2, 0.25) is 0 Å². The van der Waals surface area contributed by atoms with Crippen LogP contribution in [0, 0.1) is 5.82 Å². The van der Waals surface area contributed by atoms with Gasteiger partial charge < -0.3 is 18.9 Å². The van der Waals surface area contributed by atoms with Crippen LogP contribution in [-0.2, 0) is 16.6 Å². The van der Waals surface area contributed by atoms with Crippen molar-refractivity contribution in [2.45, 2.75) is 18.4 Å². The fourth-order valence-corrected chi connectivity index (χ4v) is 3.90. The highest BCUT2D eigenvalue weighted by Crippen LogP contribution is 2.32. The normalized spacial score (nSPS) is 11.1. The third-order valence-electron chi connectivity index (χ3n) is 4.35. The summed E-state index contributed by atoms with van der Waals surface area (Å²) in [5.41, 5.74) is 0.574. The molecule has 0 saturated heterocycles. The van der Waals surface area contributed by atoms with Crippen molar-refractivity contribution in [3.05, 3.63) is 66.1 Å². The van der Waals surface area contributed by atoms with Gasteiger partial charge in [-0.15, -0.1) is 0 Å². The Bertz CT molecular complexity index is 1170. The van der Waals surface area contributed by atoms with Gasteiger partial charge >= 0.3 is 0 Å². The number of methoxy groups -OCH3 is 2. The van der Waals surface area contributed by atoms with Crippen molar-refractivity contribution in [3.63, 3.8) is 0 Å². The minimum absolute atomic E-state index is 0.0918. The van der Waals surface area contributed by atoms with Gasteiger partial charge in [0.2, 0.25) is 15.9 Å². The Morgan fingerprint density at radius 3 is 2.28 bits per heavy atom. The fraction of sp³-hybridized carbons (Fsp3) is 0.227. The quantitative estimate of drug-likeness (QED) is 0.488. The smallest absolute Gasteiger partial charge is 0.243 e. The van der Waals surface area contributed by atoms with Gasteiger partial charge in [-0.2, -0.15) is 0 Å². The van der Waals surface area contributed by atoms with Crippen molar-refractivity contribution in [2.24, 2.45) is 0 Å². The number of hydrogen-bond donors (Lipinski definition) is 1. The molecule has 0 aliphatic rings. The lowest BCUT2D eigenvalue weighted by molar-refractivity contribution is 0.339. The fourth-order valence-electron chi connectivity index (χ4n) is 2.81. The van der Waals surface area contributed by atoms with E-state index in [1.54, 1.807) is 36.4 Å². The van der Waals surface area contributed by atoms with E-state index in [2.05, 4.69) is 9.71 Å². The zero-order valence-electron chi connectivity index (χ0n) is 17.8. The Hall–Kier alpha value is -3.37. The Morgan fingerprint density at radius 1 is 0.969 bits per heavy atom. The van der Waals surface area contributed by atoms with Gasteiger partial charge in [-0.25, -0.2) is 22.5 Å². The molecule has 10 heteroatoms. The molecule has 1 heterocycles. The standard InChI is InChI=1S/C22H23FN2O6S/c1-4-30-16-5-7-17(8-6-16)31-22-11-15(9-10-24-22)14-25-32(26,27)21-13-20(29-3)19(28-2)12-18(21)23/h5-13,25H,4,14H2,1-3H3. The molecule has 2 aromatic carbocycles. The van der Waals surface area contributed by atoms with E-state index in [0.717, 1.165) is 17.9 Å². The van der Waals surface area contributed by atoms with Crippen molar-refractivity contribution in [1.82, 2.24) is 9.71 Å². The van der Waals surface area contributed by atoms with Gasteiger partial charge in [0, 0.05) is 30.9 Å². The third kappa shape index (κ3) is 5.65. The van der Waals surface area contributed by atoms with E-state index < -0.39 is 20.7 Å². The van der Waals surface area contributed by atoms with Crippen LogP contribution in [0.25, 0.3) is 0 Å². The molecule has 32 heavy (non-hydrogen) atoms. The number of ether oxygens (including phenoxy) is 4. The summed E-state index contributed by atoms with van der Waals surface area (Å²) in [4.78, 5) is 3.58. The largest absolute Gasteiger partial charge is 0.494 e. The minimum Gasteiger partial charge on any atom is -0.494 e. The molecule has 3 aromatic rings. The van der Waals surface area contributed by atoms with E-state index in [9.17, 15) is 12.8 Å². The number of nitrogens with one attached hydrogen (secondary N) is 1. The number of hydrogen-bond acceptors (Lipinski definition) is 7. The molecule has 8 nitrogen and oxygen atoms in total. The summed E-state index contributed by atoms with van der Waals surface area (Å²) in [7, 11) is -1.50. The minimum atomic E-state index is -4.16.